The molecule has 0 aliphatic carbocycles. The topological polar surface area (TPSA) is 493 Å². The number of aliphatic imine (C=N–C) groups is 1. The van der Waals surface area contributed by atoms with Crippen LogP contribution in [0.1, 0.15) is 145 Å². The van der Waals surface area contributed by atoms with Crippen LogP contribution in [-0.2, 0) is 99.2 Å². The van der Waals surface area contributed by atoms with Gasteiger partial charge >= 0.3 is 18.0 Å². The Morgan fingerprint density at radius 3 is 1.97 bits per heavy atom. The van der Waals surface area contributed by atoms with Crippen molar-refractivity contribution in [3.05, 3.63) is 173 Å². The number of H-pyrrole nitrogens is 1. The number of hydrogen-bond donors (Lipinski definition) is 12. The molecule has 32 heteroatoms. The van der Waals surface area contributed by atoms with Gasteiger partial charge in [-0.2, -0.15) is 0 Å². The molecular weight excluding hydrogens is 1540 g/mol. The van der Waals surface area contributed by atoms with Gasteiger partial charge in [0.15, 0.2) is 28.9 Å². The van der Waals surface area contributed by atoms with Gasteiger partial charge in [0, 0.05) is 112 Å². The molecule has 8 rings (SSSR count). The number of nitrogens with zero attached hydrogens (tertiary/aromatic N) is 4. The number of ketones is 5. The molecule has 2 aliphatic heterocycles. The van der Waals surface area contributed by atoms with Crippen LogP contribution in [0.25, 0.3) is 22.4 Å². The zero-order valence-electron chi connectivity index (χ0n) is 67.5. The summed E-state index contributed by atoms with van der Waals surface area (Å²) in [6.45, 7) is 8.04. The first-order chi connectivity index (χ1) is 56.5. The number of aromatic hydroxyl groups is 1. The molecule has 4 aromatic carbocycles. The Balaban J connectivity index is 0.985. The van der Waals surface area contributed by atoms with Crippen LogP contribution < -0.4 is 32.3 Å². The number of hydrogen-bond acceptors (Lipinski definition) is 21. The van der Waals surface area contributed by atoms with Gasteiger partial charge in [0.2, 0.25) is 35.4 Å². The van der Waals surface area contributed by atoms with Crippen LogP contribution in [0.2, 0.25) is 0 Å². The van der Waals surface area contributed by atoms with Crippen molar-refractivity contribution in [1.29, 1.82) is 0 Å². The molecule has 0 bridgehead atoms. The number of aryl methyl sites for hydroxylation is 2. The maximum absolute atomic E-state index is 15.7. The van der Waals surface area contributed by atoms with Gasteiger partial charge in [0.05, 0.1) is 90.9 Å². The minimum Gasteiger partial charge on any atom is -0.508 e. The predicted molar refractivity (Wildman–Crippen MR) is 432 cm³/mol. The third-order valence-electron chi connectivity index (χ3n) is 22.0. The van der Waals surface area contributed by atoms with E-state index >= 15 is 9.18 Å². The number of aliphatic carboxylic acids is 2. The average Bonchev–Trinajstić information content (AvgIpc) is 1.68. The highest BCUT2D eigenvalue weighted by Crippen LogP contribution is 2.35. The van der Waals surface area contributed by atoms with E-state index in [-0.39, 0.29) is 55.7 Å². The number of alkyl carbamates (subject to hydrolysis) is 1. The van der Waals surface area contributed by atoms with Crippen molar-refractivity contribution in [1.82, 2.24) is 46.4 Å². The number of likely N-dealkylation sites (tertiary alicyclic amines) is 1. The van der Waals surface area contributed by atoms with Gasteiger partial charge in [-0.1, -0.05) is 91.9 Å². The number of primary amides is 1. The number of imidazole rings is 1. The van der Waals surface area contributed by atoms with E-state index in [1.54, 1.807) is 66.9 Å². The molecule has 0 unspecified atom stereocenters. The van der Waals surface area contributed by atoms with Crippen molar-refractivity contribution < 1.29 is 102 Å². The molecule has 4 heterocycles. The van der Waals surface area contributed by atoms with E-state index < -0.39 is 224 Å². The standard InChI is InChI=1S/C87H104FN11O20/c1-8-54-35-62(102)26-27-65(54)55-23-20-52(21-24-55)34-70(73(104)36-58(79(89)112)33-53-22-28-69(92-45-53)64-18-11-9-15-49(64)2)95-81(114)59(39-78(110)111)37-74(105)71(40-60-17-13-31-91-60)96-82(115)67(51(4)101)43-75(106)86(5,44-57-16-10-12-19-68(57)88)98-83(116)66(50(3)100)42-63(103)47-93-80(113)56(25-29-77(108)109)38-76(107)87(6)30-14-32-99(87)84(117)72(97-85(118)119-7)41-61-46-90-48-94-61/h9-12,15-24,26-28,31,35,45-46,48,50-51,56,58-59,66-67,70-72,100-102H,8,13-14,25,29-30,32-34,36-44,47H2,1-7H3,(H2,89,112)(H,90,94)(H,93,113)(H,95,114)(H,96,115)(H,97,118)(H,98,116)(H,108,109)(H,110,111)/t50-,51-,56-,58-,59+,66+,67+,70+,71+,72+,86-,87-/m1/s1. The van der Waals surface area contributed by atoms with Gasteiger partial charge in [0.1, 0.15) is 17.6 Å². The lowest BCUT2D eigenvalue weighted by Gasteiger charge is -2.37. The number of nitrogens with one attached hydrogen (secondary N) is 6. The van der Waals surface area contributed by atoms with Crippen molar-refractivity contribution in [3.63, 3.8) is 0 Å². The van der Waals surface area contributed by atoms with Crippen LogP contribution in [0, 0.1) is 42.3 Å². The van der Waals surface area contributed by atoms with Crippen molar-refractivity contribution in [3.8, 4) is 28.1 Å². The lowest BCUT2D eigenvalue weighted by atomic mass is 9.81. The van der Waals surface area contributed by atoms with Crippen LogP contribution in [0.3, 0.4) is 0 Å². The molecule has 119 heavy (non-hydrogen) atoms. The molecule has 2 aromatic heterocycles. The van der Waals surface area contributed by atoms with E-state index in [1.165, 1.54) is 55.7 Å². The SMILES string of the molecule is CCc1cc(O)ccc1-c1ccc(C[C@H](NC(=O)[C@H](CC(=O)O)CC(=O)[C@H](CC2=CCC=N2)NC(=O)[C@@H](CC(=O)[C@@](C)(Cc2ccccc2F)NC(=O)[C@@H](CC(=O)CNC(=O)[C@H](CCC(=O)O)CC(=O)[C@@]2(C)CCCN2C(=O)[C@H](Cc2c[nH]cn2)NC(=O)OC)[C@@H](C)O)[C@@H](C)O)C(=O)C[C@@H](Cc2ccc(-c3ccccc3C)nc2)C(N)=O)cc1. The summed E-state index contributed by atoms with van der Waals surface area (Å²) in [6.07, 6.45) is -2.59. The highest BCUT2D eigenvalue weighted by Gasteiger charge is 2.49. The molecule has 1 fully saturated rings. The summed E-state index contributed by atoms with van der Waals surface area (Å²) in [4.78, 5) is 213. The second-order valence-electron chi connectivity index (χ2n) is 30.9. The molecule has 634 valence electrons. The number of aromatic amines is 1. The van der Waals surface area contributed by atoms with Gasteiger partial charge in [-0.25, -0.2) is 14.2 Å². The Morgan fingerprint density at radius 1 is 0.689 bits per heavy atom. The Morgan fingerprint density at radius 2 is 1.35 bits per heavy atom. The molecule has 31 nitrogen and oxygen atoms in total. The number of amides is 7. The molecule has 13 N–H and O–H groups in total. The summed E-state index contributed by atoms with van der Waals surface area (Å²) < 4.78 is 20.5. The fourth-order valence-corrected chi connectivity index (χ4v) is 14.9. The lowest BCUT2D eigenvalue weighted by molar-refractivity contribution is -0.145. The normalized spacial score (nSPS) is 16.7. The second-order valence-corrected chi connectivity index (χ2v) is 30.9. The van der Waals surface area contributed by atoms with Gasteiger partial charge in [-0.05, 0) is 136 Å². The van der Waals surface area contributed by atoms with Crippen LogP contribution in [0.5, 0.6) is 5.75 Å². The van der Waals surface area contributed by atoms with Crippen LogP contribution in [-0.4, -0.2) is 196 Å². The number of halogens is 1. The number of carbonyl (C=O) groups excluding carboxylic acids is 12. The van der Waals surface area contributed by atoms with Gasteiger partial charge in [0.25, 0.3) is 0 Å². The monoisotopic (exact) mass is 1640 g/mol. The van der Waals surface area contributed by atoms with Gasteiger partial charge in [-0.15, -0.1) is 0 Å². The number of nitrogens with two attached hydrogens (primary N) is 1. The van der Waals surface area contributed by atoms with Crippen LogP contribution >= 0.6 is 0 Å². The molecule has 2 aliphatic rings. The Hall–Kier alpha value is -12.3. The summed E-state index contributed by atoms with van der Waals surface area (Å²) >= 11 is 0. The van der Waals surface area contributed by atoms with E-state index in [0.717, 1.165) is 54.8 Å². The molecule has 12 atom stereocenters. The highest BCUT2D eigenvalue weighted by molar-refractivity contribution is 6.01. The Kier molecular flexibility index (Phi) is 33.1. The first kappa shape index (κ1) is 92.2. The molecule has 0 saturated carbocycles. The number of allylic oxidation sites excluding steroid dienone is 1. The minimum absolute atomic E-state index is 0.0359. The number of phenols is 1. The summed E-state index contributed by atoms with van der Waals surface area (Å²) in [5.41, 5.74) is 8.70. The van der Waals surface area contributed by atoms with Crippen molar-refractivity contribution >= 4 is 88.6 Å². The Labute approximate surface area is 687 Å². The van der Waals surface area contributed by atoms with E-state index in [9.17, 15) is 87.9 Å². The highest BCUT2D eigenvalue weighted by atomic mass is 19.1. The Bertz CT molecular complexity index is 4760. The summed E-state index contributed by atoms with van der Waals surface area (Å²) in [7, 11) is 1.10. The maximum atomic E-state index is 15.7. The number of aliphatic hydroxyl groups excluding tert-OH is 2. The maximum Gasteiger partial charge on any atom is 0.407 e. The summed E-state index contributed by atoms with van der Waals surface area (Å²) in [5, 5.41) is 65.5. The van der Waals surface area contributed by atoms with Crippen molar-refractivity contribution in [2.75, 3.05) is 20.2 Å². The van der Waals surface area contributed by atoms with Crippen LogP contribution in [0.4, 0.5) is 9.18 Å². The number of aromatic nitrogens is 3. The first-order valence-electron chi connectivity index (χ1n) is 39.4. The number of rotatable bonds is 46. The number of pyridine rings is 1. The quantitative estimate of drug-likeness (QED) is 0.0196. The number of carbonyl (C=O) groups is 14. The minimum atomic E-state index is -2.26. The molecule has 6 aromatic rings. The number of carboxylic acid groups (broad SMARTS) is 2. The number of benzene rings is 4. The van der Waals surface area contributed by atoms with E-state index in [4.69, 9.17) is 10.5 Å². The largest absolute Gasteiger partial charge is 0.508 e. The molecule has 0 spiro atoms. The van der Waals surface area contributed by atoms with E-state index in [2.05, 4.69) is 46.5 Å². The number of aliphatic hydroxyl groups is 2. The third kappa shape index (κ3) is 25.8. The summed E-state index contributed by atoms with van der Waals surface area (Å²) in [5.74, 6) is -21.4. The third-order valence-corrected chi connectivity index (χ3v) is 22.0. The average molecular weight is 1640 g/mol. The number of Topliss-reactive ketones (excluding diaryl/α,β-unsaturated/α-hetero) is 5. The summed E-state index contributed by atoms with van der Waals surface area (Å²) in [6, 6.07) is 23.8. The predicted octanol–water partition coefficient (Wildman–Crippen LogP) is 6.40. The molecule has 7 amide bonds. The molecular formula is C87H104FN11O20. The van der Waals surface area contributed by atoms with Crippen molar-refractivity contribution in [2.24, 2.45) is 40.3 Å². The first-order valence-corrected chi connectivity index (χ1v) is 39.4. The second kappa shape index (κ2) is 42.7. The lowest BCUT2D eigenvalue weighted by Crippen LogP contribution is -2.58. The van der Waals surface area contributed by atoms with E-state index in [0.29, 0.717) is 41.8 Å². The zero-order valence-corrected chi connectivity index (χ0v) is 67.5. The molecule has 0 radical (unpaired) electrons. The smallest absolute Gasteiger partial charge is 0.407 e. The number of phenolic OH excluding ortho intramolecular Hbond substituents is 1. The number of ether oxygens (including phenoxy) is 1. The number of carboxylic acids is 2. The van der Waals surface area contributed by atoms with Gasteiger partial charge < -0.3 is 72.5 Å². The van der Waals surface area contributed by atoms with Crippen LogP contribution in [0.15, 0.2) is 139 Å². The fraction of sp³-hybridized carbons (Fsp3) is 0.437. The zero-order chi connectivity index (χ0) is 87.0. The molecule has 1 saturated heterocycles. The van der Waals surface area contributed by atoms with Gasteiger partial charge in [-0.3, -0.25) is 72.3 Å². The fourth-order valence-electron chi connectivity index (χ4n) is 14.9. The van der Waals surface area contributed by atoms with Crippen molar-refractivity contribution in [2.45, 2.75) is 192 Å². The van der Waals surface area contributed by atoms with E-state index in [1.807, 2.05) is 38.1 Å². The number of methoxy groups -OCH3 is 1.